The number of nitrogens with zero attached hydrogens (tertiary/aromatic N) is 2. The Balaban J connectivity index is 1.87. The number of carboxylic acid groups (broad SMARTS) is 1. The minimum atomic E-state index is -0.938. The van der Waals surface area contributed by atoms with Crippen LogP contribution in [0, 0.1) is 6.92 Å². The number of benzene rings is 1. The van der Waals surface area contributed by atoms with Gasteiger partial charge in [-0.15, -0.1) is 23.5 Å². The molecule has 7 heteroatoms. The third kappa shape index (κ3) is 5.65. The lowest BCUT2D eigenvalue weighted by atomic mass is 10.0. The van der Waals surface area contributed by atoms with Gasteiger partial charge in [-0.2, -0.15) is 0 Å². The number of hydrogen-bond acceptors (Lipinski definition) is 6. The van der Waals surface area contributed by atoms with Crippen molar-refractivity contribution in [2.75, 3.05) is 6.26 Å². The number of aromatic carboxylic acids is 1. The molecular formula is C20H24N2O2S3. The number of rotatable bonds is 7. The summed E-state index contributed by atoms with van der Waals surface area (Å²) in [5, 5.41) is 12.2. The second-order valence-electron chi connectivity index (χ2n) is 6.65. The van der Waals surface area contributed by atoms with Crippen molar-refractivity contribution in [3.63, 3.8) is 0 Å². The Morgan fingerprint density at radius 3 is 2.41 bits per heavy atom. The fourth-order valence-corrected chi connectivity index (χ4v) is 5.89. The summed E-state index contributed by atoms with van der Waals surface area (Å²) in [6, 6.07) is 8.31. The van der Waals surface area contributed by atoms with Crippen molar-refractivity contribution >= 4 is 41.3 Å². The van der Waals surface area contributed by atoms with Crippen LogP contribution in [0.2, 0.25) is 0 Å². The van der Waals surface area contributed by atoms with Gasteiger partial charge in [-0.25, -0.2) is 14.8 Å². The van der Waals surface area contributed by atoms with Crippen molar-refractivity contribution in [3.8, 4) is 0 Å². The quantitative estimate of drug-likeness (QED) is 0.339. The summed E-state index contributed by atoms with van der Waals surface area (Å²) in [5.74, 6) is -0.244. The van der Waals surface area contributed by atoms with Crippen molar-refractivity contribution in [3.05, 3.63) is 41.0 Å². The molecule has 3 rings (SSSR count). The van der Waals surface area contributed by atoms with Crippen LogP contribution in [0.3, 0.4) is 0 Å². The van der Waals surface area contributed by atoms with Gasteiger partial charge in [0.05, 0.1) is 0 Å². The summed E-state index contributed by atoms with van der Waals surface area (Å²) in [6.45, 7) is 2.06. The van der Waals surface area contributed by atoms with Gasteiger partial charge in [0.2, 0.25) is 0 Å². The van der Waals surface area contributed by atoms with Crippen molar-refractivity contribution in [1.29, 1.82) is 0 Å². The smallest absolute Gasteiger partial charge is 0.341 e. The second kappa shape index (κ2) is 9.85. The zero-order chi connectivity index (χ0) is 19.2. The lowest BCUT2D eigenvalue weighted by molar-refractivity contribution is 0.0686. The van der Waals surface area contributed by atoms with Crippen LogP contribution in [0.15, 0.2) is 39.5 Å². The van der Waals surface area contributed by atoms with Gasteiger partial charge in [-0.3, -0.25) is 0 Å². The number of aromatic nitrogens is 2. The van der Waals surface area contributed by atoms with Crippen molar-refractivity contribution in [1.82, 2.24) is 9.97 Å². The number of hydrogen-bond donors (Lipinski definition) is 1. The standard InChI is InChI=1S/C20H24N2O2S3/c1-13-8-10-14(11-9-13)12-26-17-16(19(23)24)18(22-20(21-17)25-2)27-15-6-4-3-5-7-15/h8-11,15H,3-7,12H2,1-2H3,(H,23,24). The zero-order valence-electron chi connectivity index (χ0n) is 15.6. The first-order chi connectivity index (χ1) is 13.1. The Labute approximate surface area is 173 Å². The van der Waals surface area contributed by atoms with E-state index in [9.17, 15) is 9.90 Å². The molecule has 2 aromatic rings. The zero-order valence-corrected chi connectivity index (χ0v) is 18.1. The Morgan fingerprint density at radius 2 is 1.78 bits per heavy atom. The van der Waals surface area contributed by atoms with Gasteiger partial charge in [0.25, 0.3) is 0 Å². The number of carbonyl (C=O) groups is 1. The lowest BCUT2D eigenvalue weighted by Crippen LogP contribution is -2.12. The topological polar surface area (TPSA) is 63.1 Å². The minimum absolute atomic E-state index is 0.264. The predicted octanol–water partition coefficient (Wildman–Crippen LogP) is 5.92. The summed E-state index contributed by atoms with van der Waals surface area (Å²) < 4.78 is 0. The van der Waals surface area contributed by atoms with Crippen molar-refractivity contribution in [2.45, 2.75) is 65.2 Å². The Bertz CT molecular complexity index is 791. The molecule has 0 amide bonds. The fraction of sp³-hybridized carbons (Fsp3) is 0.450. The van der Waals surface area contributed by atoms with Crippen LogP contribution in [0.4, 0.5) is 0 Å². The molecule has 1 N–H and O–H groups in total. The van der Waals surface area contributed by atoms with Gasteiger partial charge in [0.1, 0.15) is 15.6 Å². The van der Waals surface area contributed by atoms with Crippen LogP contribution < -0.4 is 0 Å². The largest absolute Gasteiger partial charge is 0.477 e. The maximum absolute atomic E-state index is 12.0. The SMILES string of the molecule is CSc1nc(SCc2ccc(C)cc2)c(C(=O)O)c(SC2CCCCC2)n1. The molecule has 1 aliphatic rings. The van der Waals surface area contributed by atoms with Gasteiger partial charge >= 0.3 is 5.97 Å². The van der Waals surface area contributed by atoms with Crippen molar-refractivity contribution < 1.29 is 9.90 Å². The Kier molecular flexibility index (Phi) is 7.49. The molecule has 1 aliphatic carbocycles. The molecule has 0 aliphatic heterocycles. The van der Waals surface area contributed by atoms with E-state index in [2.05, 4.69) is 41.2 Å². The molecule has 1 fully saturated rings. The molecule has 0 saturated heterocycles. The van der Waals surface area contributed by atoms with E-state index in [-0.39, 0.29) is 5.56 Å². The Morgan fingerprint density at radius 1 is 1.11 bits per heavy atom. The highest BCUT2D eigenvalue weighted by Crippen LogP contribution is 2.38. The molecule has 0 bridgehead atoms. The highest BCUT2D eigenvalue weighted by atomic mass is 32.2. The van der Waals surface area contributed by atoms with Gasteiger partial charge < -0.3 is 5.11 Å². The van der Waals surface area contributed by atoms with E-state index in [1.54, 1.807) is 11.8 Å². The predicted molar refractivity (Wildman–Crippen MR) is 114 cm³/mol. The third-order valence-corrected chi connectivity index (χ3v) is 7.46. The van der Waals surface area contributed by atoms with Gasteiger partial charge in [0, 0.05) is 11.0 Å². The van der Waals surface area contributed by atoms with Crippen LogP contribution in [0.25, 0.3) is 0 Å². The molecule has 4 nitrogen and oxygen atoms in total. The highest BCUT2D eigenvalue weighted by molar-refractivity contribution is 8.00. The maximum atomic E-state index is 12.0. The molecule has 1 aromatic carbocycles. The van der Waals surface area contributed by atoms with E-state index in [1.165, 1.54) is 48.3 Å². The summed E-state index contributed by atoms with van der Waals surface area (Å²) in [6.07, 6.45) is 7.91. The first-order valence-corrected chi connectivity index (χ1v) is 12.2. The monoisotopic (exact) mass is 420 g/mol. The van der Waals surface area contributed by atoms with Crippen LogP contribution >= 0.6 is 35.3 Å². The summed E-state index contributed by atoms with van der Waals surface area (Å²) in [4.78, 5) is 21.1. The van der Waals surface area contributed by atoms with Crippen LogP contribution in [-0.4, -0.2) is 32.5 Å². The van der Waals surface area contributed by atoms with E-state index in [1.807, 2.05) is 6.26 Å². The van der Waals surface area contributed by atoms with Crippen LogP contribution in [0.5, 0.6) is 0 Å². The number of thioether (sulfide) groups is 3. The van der Waals surface area contributed by atoms with Crippen molar-refractivity contribution in [2.24, 2.45) is 0 Å². The molecule has 1 aromatic heterocycles. The van der Waals surface area contributed by atoms with E-state index in [0.29, 0.717) is 26.2 Å². The van der Waals surface area contributed by atoms with Gasteiger partial charge in [-0.05, 0) is 31.6 Å². The third-order valence-electron chi connectivity index (χ3n) is 4.55. The van der Waals surface area contributed by atoms with Crippen LogP contribution in [-0.2, 0) is 5.75 Å². The maximum Gasteiger partial charge on any atom is 0.341 e. The second-order valence-corrected chi connectivity index (χ2v) is 9.68. The average Bonchev–Trinajstić information content (AvgIpc) is 2.67. The van der Waals surface area contributed by atoms with E-state index in [4.69, 9.17) is 0 Å². The average molecular weight is 421 g/mol. The van der Waals surface area contributed by atoms with Gasteiger partial charge in [-0.1, -0.05) is 60.9 Å². The molecule has 27 heavy (non-hydrogen) atoms. The molecule has 1 saturated carbocycles. The summed E-state index contributed by atoms with van der Waals surface area (Å²) in [5.41, 5.74) is 2.64. The lowest BCUT2D eigenvalue weighted by Gasteiger charge is -2.21. The van der Waals surface area contributed by atoms with E-state index in [0.717, 1.165) is 18.4 Å². The molecular weight excluding hydrogens is 396 g/mol. The normalized spacial score (nSPS) is 15.0. The Hall–Kier alpha value is -1.18. The highest BCUT2D eigenvalue weighted by Gasteiger charge is 2.25. The molecule has 144 valence electrons. The van der Waals surface area contributed by atoms with Gasteiger partial charge in [0.15, 0.2) is 5.16 Å². The first-order valence-electron chi connectivity index (χ1n) is 9.11. The summed E-state index contributed by atoms with van der Waals surface area (Å²) in [7, 11) is 0. The first kappa shape index (κ1) is 20.6. The number of aryl methyl sites for hydroxylation is 1. The molecule has 0 spiro atoms. The molecule has 0 radical (unpaired) electrons. The van der Waals surface area contributed by atoms with E-state index >= 15 is 0 Å². The minimum Gasteiger partial charge on any atom is -0.477 e. The van der Waals surface area contributed by atoms with Crippen LogP contribution in [0.1, 0.15) is 53.6 Å². The molecule has 0 unspecified atom stereocenters. The van der Waals surface area contributed by atoms with E-state index < -0.39 is 5.97 Å². The fourth-order valence-electron chi connectivity index (χ4n) is 3.04. The summed E-state index contributed by atoms with van der Waals surface area (Å²) >= 11 is 4.57. The molecule has 0 atom stereocenters. The number of carboxylic acids is 1. The molecule has 1 heterocycles.